The Morgan fingerprint density at radius 1 is 1.26 bits per heavy atom. The lowest BCUT2D eigenvalue weighted by Crippen LogP contribution is -2.27. The van der Waals surface area contributed by atoms with Crippen LogP contribution in [0.2, 0.25) is 5.02 Å². The molecule has 2 aromatic heterocycles. The van der Waals surface area contributed by atoms with Crippen LogP contribution in [0.1, 0.15) is 52.9 Å². The van der Waals surface area contributed by atoms with Crippen molar-refractivity contribution >= 4 is 17.5 Å². The van der Waals surface area contributed by atoms with Crippen molar-refractivity contribution in [1.82, 2.24) is 24.9 Å². The van der Waals surface area contributed by atoms with Crippen LogP contribution in [0.25, 0.3) is 0 Å². The summed E-state index contributed by atoms with van der Waals surface area (Å²) in [6.07, 6.45) is 1.91. The molecular formula is C20H24ClN5O. The second-order valence-corrected chi connectivity index (χ2v) is 7.01. The van der Waals surface area contributed by atoms with Crippen LogP contribution in [0.4, 0.5) is 0 Å². The van der Waals surface area contributed by atoms with Crippen LogP contribution < -0.4 is 5.32 Å². The molecule has 27 heavy (non-hydrogen) atoms. The highest BCUT2D eigenvalue weighted by atomic mass is 35.5. The minimum Gasteiger partial charge on any atom is -0.344 e. The Bertz CT molecular complexity index is 959. The number of hydrogen-bond donors (Lipinski definition) is 1. The third-order valence-electron chi connectivity index (χ3n) is 4.59. The molecule has 1 unspecified atom stereocenters. The molecule has 1 aromatic carbocycles. The molecule has 2 heterocycles. The number of aromatic nitrogens is 4. The minimum absolute atomic E-state index is 0.123. The Balaban J connectivity index is 1.72. The number of benzene rings is 1. The van der Waals surface area contributed by atoms with E-state index in [-0.39, 0.29) is 11.9 Å². The standard InChI is InChI=1S/C20H24ClN5O/c1-5-25-10-9-18(24-25)13(2)22-20(27)17-8-6-7-16(11-17)12-26-15(4)19(21)14(3)23-26/h6-11,13H,5,12H2,1-4H3,(H,22,27). The van der Waals surface area contributed by atoms with Gasteiger partial charge in [-0.25, -0.2) is 0 Å². The van der Waals surface area contributed by atoms with Gasteiger partial charge in [-0.15, -0.1) is 0 Å². The molecule has 142 valence electrons. The molecule has 0 aliphatic rings. The molecule has 6 nitrogen and oxygen atoms in total. The van der Waals surface area contributed by atoms with Gasteiger partial charge in [0.2, 0.25) is 0 Å². The van der Waals surface area contributed by atoms with E-state index in [2.05, 4.69) is 15.5 Å². The zero-order valence-electron chi connectivity index (χ0n) is 16.0. The topological polar surface area (TPSA) is 64.7 Å². The summed E-state index contributed by atoms with van der Waals surface area (Å²) in [6, 6.07) is 9.32. The van der Waals surface area contributed by atoms with Crippen LogP contribution >= 0.6 is 11.6 Å². The van der Waals surface area contributed by atoms with Crippen molar-refractivity contribution in [2.45, 2.75) is 46.8 Å². The van der Waals surface area contributed by atoms with Gasteiger partial charge in [-0.3, -0.25) is 14.2 Å². The van der Waals surface area contributed by atoms with E-state index in [0.29, 0.717) is 17.1 Å². The molecule has 0 saturated carbocycles. The van der Waals surface area contributed by atoms with E-state index in [1.165, 1.54) is 0 Å². The van der Waals surface area contributed by atoms with Crippen molar-refractivity contribution in [3.8, 4) is 0 Å². The van der Waals surface area contributed by atoms with E-state index >= 15 is 0 Å². The van der Waals surface area contributed by atoms with Crippen molar-refractivity contribution in [3.63, 3.8) is 0 Å². The molecule has 0 aliphatic heterocycles. The number of carbonyl (C=O) groups excluding carboxylic acids is 1. The predicted octanol–water partition coefficient (Wildman–Crippen LogP) is 3.91. The lowest BCUT2D eigenvalue weighted by molar-refractivity contribution is 0.0939. The molecule has 0 spiro atoms. The average Bonchev–Trinajstić information content (AvgIpc) is 3.23. The number of carbonyl (C=O) groups is 1. The fourth-order valence-electron chi connectivity index (χ4n) is 2.95. The third kappa shape index (κ3) is 4.22. The SMILES string of the molecule is CCn1ccc(C(C)NC(=O)c2cccc(Cn3nc(C)c(Cl)c3C)c2)n1. The molecule has 1 atom stereocenters. The molecule has 1 amide bonds. The van der Waals surface area contributed by atoms with Crippen molar-refractivity contribution in [3.05, 3.63) is 69.8 Å². The van der Waals surface area contributed by atoms with Gasteiger partial charge in [-0.05, 0) is 51.5 Å². The molecule has 0 saturated heterocycles. The number of nitrogens with one attached hydrogen (secondary N) is 1. The average molecular weight is 386 g/mol. The number of hydrogen-bond acceptors (Lipinski definition) is 3. The number of aryl methyl sites for hydroxylation is 2. The van der Waals surface area contributed by atoms with Gasteiger partial charge in [0.25, 0.3) is 5.91 Å². The quantitative estimate of drug-likeness (QED) is 0.699. The van der Waals surface area contributed by atoms with E-state index in [4.69, 9.17) is 11.6 Å². The third-order valence-corrected chi connectivity index (χ3v) is 5.14. The summed E-state index contributed by atoms with van der Waals surface area (Å²) >= 11 is 6.22. The van der Waals surface area contributed by atoms with Gasteiger partial charge in [0, 0.05) is 18.3 Å². The molecule has 0 radical (unpaired) electrons. The number of halogens is 1. The second kappa shape index (κ2) is 7.96. The zero-order chi connectivity index (χ0) is 19.6. The molecular weight excluding hydrogens is 362 g/mol. The highest BCUT2D eigenvalue weighted by Crippen LogP contribution is 2.20. The monoisotopic (exact) mass is 385 g/mol. The van der Waals surface area contributed by atoms with E-state index in [0.717, 1.165) is 29.2 Å². The van der Waals surface area contributed by atoms with E-state index < -0.39 is 0 Å². The van der Waals surface area contributed by atoms with Crippen LogP contribution in [-0.2, 0) is 13.1 Å². The number of rotatable bonds is 6. The highest BCUT2D eigenvalue weighted by molar-refractivity contribution is 6.31. The van der Waals surface area contributed by atoms with Crippen molar-refractivity contribution in [2.75, 3.05) is 0 Å². The summed E-state index contributed by atoms with van der Waals surface area (Å²) in [5, 5.41) is 12.6. The predicted molar refractivity (Wildman–Crippen MR) is 106 cm³/mol. The largest absolute Gasteiger partial charge is 0.344 e. The first-order valence-electron chi connectivity index (χ1n) is 9.01. The Hall–Kier alpha value is -2.60. The van der Waals surface area contributed by atoms with E-state index in [1.807, 2.05) is 73.6 Å². The van der Waals surface area contributed by atoms with Crippen LogP contribution in [0, 0.1) is 13.8 Å². The van der Waals surface area contributed by atoms with Crippen molar-refractivity contribution in [2.24, 2.45) is 0 Å². The zero-order valence-corrected chi connectivity index (χ0v) is 16.8. The van der Waals surface area contributed by atoms with Gasteiger partial charge < -0.3 is 5.32 Å². The van der Waals surface area contributed by atoms with Crippen LogP contribution in [0.5, 0.6) is 0 Å². The number of nitrogens with zero attached hydrogens (tertiary/aromatic N) is 4. The van der Waals surface area contributed by atoms with Crippen LogP contribution in [0.15, 0.2) is 36.5 Å². The first kappa shape index (κ1) is 19.2. The van der Waals surface area contributed by atoms with Gasteiger partial charge in [0.1, 0.15) is 0 Å². The van der Waals surface area contributed by atoms with Crippen molar-refractivity contribution < 1.29 is 4.79 Å². The Morgan fingerprint density at radius 2 is 2.04 bits per heavy atom. The molecule has 0 fully saturated rings. The summed E-state index contributed by atoms with van der Waals surface area (Å²) in [7, 11) is 0. The fourth-order valence-corrected chi connectivity index (χ4v) is 3.09. The Morgan fingerprint density at radius 3 is 2.67 bits per heavy atom. The second-order valence-electron chi connectivity index (χ2n) is 6.63. The number of amides is 1. The lowest BCUT2D eigenvalue weighted by Gasteiger charge is -2.12. The molecule has 3 aromatic rings. The summed E-state index contributed by atoms with van der Waals surface area (Å²) < 4.78 is 3.70. The molecule has 7 heteroatoms. The van der Waals surface area contributed by atoms with Gasteiger partial charge in [0.15, 0.2) is 0 Å². The van der Waals surface area contributed by atoms with Crippen LogP contribution in [-0.4, -0.2) is 25.5 Å². The lowest BCUT2D eigenvalue weighted by atomic mass is 10.1. The highest BCUT2D eigenvalue weighted by Gasteiger charge is 2.15. The summed E-state index contributed by atoms with van der Waals surface area (Å²) in [6.45, 7) is 9.16. The van der Waals surface area contributed by atoms with Gasteiger partial charge in [-0.2, -0.15) is 10.2 Å². The van der Waals surface area contributed by atoms with Gasteiger partial charge in [-0.1, -0.05) is 23.7 Å². The summed E-state index contributed by atoms with van der Waals surface area (Å²) in [5.74, 6) is -0.123. The summed E-state index contributed by atoms with van der Waals surface area (Å²) in [5.41, 5.74) is 4.18. The summed E-state index contributed by atoms with van der Waals surface area (Å²) in [4.78, 5) is 12.6. The smallest absolute Gasteiger partial charge is 0.251 e. The molecule has 0 aliphatic carbocycles. The van der Waals surface area contributed by atoms with E-state index in [1.54, 1.807) is 0 Å². The maximum absolute atomic E-state index is 12.6. The molecule has 1 N–H and O–H groups in total. The Kier molecular flexibility index (Phi) is 5.65. The normalized spacial score (nSPS) is 12.2. The van der Waals surface area contributed by atoms with Crippen LogP contribution in [0.3, 0.4) is 0 Å². The maximum atomic E-state index is 12.6. The Labute approximate surface area is 164 Å². The molecule has 0 bridgehead atoms. The first-order chi connectivity index (χ1) is 12.9. The minimum atomic E-state index is -0.163. The first-order valence-corrected chi connectivity index (χ1v) is 9.39. The van der Waals surface area contributed by atoms with E-state index in [9.17, 15) is 4.79 Å². The van der Waals surface area contributed by atoms with Gasteiger partial charge >= 0.3 is 0 Å². The van der Waals surface area contributed by atoms with Crippen molar-refractivity contribution in [1.29, 1.82) is 0 Å². The molecule has 3 rings (SSSR count). The fraction of sp³-hybridized carbons (Fsp3) is 0.350. The maximum Gasteiger partial charge on any atom is 0.251 e. The van der Waals surface area contributed by atoms with Gasteiger partial charge in [0.05, 0.1) is 34.7 Å².